The fraction of sp³-hybridized carbons (Fsp3) is 0.222. The zero-order chi connectivity index (χ0) is 18.1. The number of fused-ring (bicyclic) bond motifs is 1. The summed E-state index contributed by atoms with van der Waals surface area (Å²) in [4.78, 5) is 27.8. The van der Waals surface area contributed by atoms with Gasteiger partial charge in [-0.25, -0.2) is 4.98 Å². The molecule has 0 aliphatic heterocycles. The number of nitrogens with one attached hydrogen (secondary N) is 1. The first-order valence-electron chi connectivity index (χ1n) is 7.94. The highest BCUT2D eigenvalue weighted by Gasteiger charge is 2.20. The van der Waals surface area contributed by atoms with Crippen molar-refractivity contribution in [3.63, 3.8) is 0 Å². The number of nitro groups is 1. The molecule has 3 rings (SSSR count). The second-order valence-corrected chi connectivity index (χ2v) is 5.90. The maximum absolute atomic E-state index is 12.8. The molecular formula is C18H18N4O3. The molecule has 0 aliphatic rings. The summed E-state index contributed by atoms with van der Waals surface area (Å²) in [6.45, 7) is 5.69. The van der Waals surface area contributed by atoms with Crippen molar-refractivity contribution in [2.75, 3.05) is 5.32 Å². The van der Waals surface area contributed by atoms with Crippen molar-refractivity contribution in [2.24, 2.45) is 0 Å². The normalized spacial score (nSPS) is 10.8. The third-order valence-corrected chi connectivity index (χ3v) is 4.08. The van der Waals surface area contributed by atoms with Crippen LogP contribution in [0.1, 0.15) is 34.2 Å². The van der Waals surface area contributed by atoms with E-state index >= 15 is 0 Å². The lowest BCUT2D eigenvalue weighted by Crippen LogP contribution is -2.17. The van der Waals surface area contributed by atoms with Crippen molar-refractivity contribution in [3.05, 3.63) is 69.2 Å². The van der Waals surface area contributed by atoms with Crippen LogP contribution in [-0.4, -0.2) is 20.2 Å². The fourth-order valence-corrected chi connectivity index (χ4v) is 2.72. The largest absolute Gasteiger partial charge is 0.320 e. The van der Waals surface area contributed by atoms with E-state index in [0.29, 0.717) is 29.1 Å². The Kier molecular flexibility index (Phi) is 4.22. The third kappa shape index (κ3) is 3.08. The van der Waals surface area contributed by atoms with E-state index in [-0.39, 0.29) is 11.6 Å². The van der Waals surface area contributed by atoms with Gasteiger partial charge in [0.05, 0.1) is 16.3 Å². The Morgan fingerprint density at radius 1 is 1.28 bits per heavy atom. The van der Waals surface area contributed by atoms with Gasteiger partial charge in [-0.1, -0.05) is 13.0 Å². The van der Waals surface area contributed by atoms with E-state index in [1.807, 2.05) is 32.2 Å². The first-order valence-corrected chi connectivity index (χ1v) is 7.94. The number of nitrogens with zero attached hydrogens (tertiary/aromatic N) is 3. The summed E-state index contributed by atoms with van der Waals surface area (Å²) >= 11 is 0. The zero-order valence-electron chi connectivity index (χ0n) is 14.2. The summed E-state index contributed by atoms with van der Waals surface area (Å²) in [6, 6.07) is 8.22. The lowest BCUT2D eigenvalue weighted by atomic mass is 10.1. The number of amides is 1. The van der Waals surface area contributed by atoms with Gasteiger partial charge >= 0.3 is 0 Å². The topological polar surface area (TPSA) is 89.5 Å². The highest BCUT2D eigenvalue weighted by Crippen LogP contribution is 2.23. The van der Waals surface area contributed by atoms with Gasteiger partial charge in [0.1, 0.15) is 11.3 Å². The maximum atomic E-state index is 12.8. The Labute approximate surface area is 144 Å². The molecule has 2 aromatic heterocycles. The van der Waals surface area contributed by atoms with Crippen LogP contribution in [0, 0.1) is 24.0 Å². The number of anilines is 1. The summed E-state index contributed by atoms with van der Waals surface area (Å²) < 4.78 is 1.74. The van der Waals surface area contributed by atoms with E-state index in [0.717, 1.165) is 11.1 Å². The Morgan fingerprint density at radius 2 is 2.04 bits per heavy atom. The number of pyridine rings is 1. The number of rotatable bonds is 4. The standard InChI is InChI=1S/C18H18N4O3/c1-4-14-17(21-8-7-11(2)9-16(21)19-14)18(23)20-15-10-13(22(24)25)6-5-12(15)3/h5-10H,4H2,1-3H3,(H,20,23). The monoisotopic (exact) mass is 338 g/mol. The molecule has 0 fully saturated rings. The van der Waals surface area contributed by atoms with Crippen molar-refractivity contribution in [1.29, 1.82) is 0 Å². The molecule has 0 radical (unpaired) electrons. The summed E-state index contributed by atoms with van der Waals surface area (Å²) in [5.74, 6) is -0.336. The van der Waals surface area contributed by atoms with Gasteiger partial charge in [-0.2, -0.15) is 0 Å². The van der Waals surface area contributed by atoms with Crippen molar-refractivity contribution in [1.82, 2.24) is 9.38 Å². The smallest absolute Gasteiger partial charge is 0.274 e. The first kappa shape index (κ1) is 16.6. The zero-order valence-corrected chi connectivity index (χ0v) is 14.2. The van der Waals surface area contributed by atoms with Gasteiger partial charge in [-0.15, -0.1) is 0 Å². The maximum Gasteiger partial charge on any atom is 0.274 e. The van der Waals surface area contributed by atoms with Crippen LogP contribution < -0.4 is 5.32 Å². The number of hydrogen-bond acceptors (Lipinski definition) is 4. The molecule has 128 valence electrons. The number of nitro benzene ring substituents is 1. The fourth-order valence-electron chi connectivity index (χ4n) is 2.72. The summed E-state index contributed by atoms with van der Waals surface area (Å²) in [5, 5.41) is 13.7. The van der Waals surface area contributed by atoms with Crippen molar-refractivity contribution >= 4 is 22.9 Å². The van der Waals surface area contributed by atoms with Crippen LogP contribution >= 0.6 is 0 Å². The Balaban J connectivity index is 2.03. The second-order valence-electron chi connectivity index (χ2n) is 5.90. The average molecular weight is 338 g/mol. The molecule has 0 saturated carbocycles. The van der Waals surface area contributed by atoms with Gasteiger partial charge in [-0.05, 0) is 43.5 Å². The van der Waals surface area contributed by atoms with Crippen LogP contribution in [0.15, 0.2) is 36.5 Å². The van der Waals surface area contributed by atoms with Gasteiger partial charge in [0.15, 0.2) is 0 Å². The molecule has 0 aliphatic carbocycles. The molecule has 0 bridgehead atoms. The minimum Gasteiger partial charge on any atom is -0.320 e. The van der Waals surface area contributed by atoms with Crippen LogP contribution in [0.2, 0.25) is 0 Å². The molecule has 7 nitrogen and oxygen atoms in total. The SMILES string of the molecule is CCc1nc2cc(C)ccn2c1C(=O)Nc1cc([N+](=O)[O-])ccc1C. The Hall–Kier alpha value is -3.22. The van der Waals surface area contributed by atoms with Crippen LogP contribution in [0.25, 0.3) is 5.65 Å². The lowest BCUT2D eigenvalue weighted by molar-refractivity contribution is -0.384. The highest BCUT2D eigenvalue weighted by atomic mass is 16.6. The Morgan fingerprint density at radius 3 is 2.72 bits per heavy atom. The van der Waals surface area contributed by atoms with Crippen molar-refractivity contribution in [3.8, 4) is 0 Å². The van der Waals surface area contributed by atoms with Crippen LogP contribution in [0.5, 0.6) is 0 Å². The van der Waals surface area contributed by atoms with Gasteiger partial charge < -0.3 is 5.32 Å². The molecule has 0 unspecified atom stereocenters. The molecule has 1 amide bonds. The molecule has 0 saturated heterocycles. The third-order valence-electron chi connectivity index (χ3n) is 4.08. The van der Waals surface area contributed by atoms with E-state index in [9.17, 15) is 14.9 Å². The van der Waals surface area contributed by atoms with Crippen molar-refractivity contribution < 1.29 is 9.72 Å². The number of aromatic nitrogens is 2. The van der Waals surface area contributed by atoms with Crippen molar-refractivity contribution in [2.45, 2.75) is 27.2 Å². The molecule has 3 aromatic rings. The molecule has 25 heavy (non-hydrogen) atoms. The van der Waals surface area contributed by atoms with E-state index < -0.39 is 4.92 Å². The quantitative estimate of drug-likeness (QED) is 0.580. The number of benzene rings is 1. The van der Waals surface area contributed by atoms with E-state index in [4.69, 9.17) is 0 Å². The molecule has 7 heteroatoms. The lowest BCUT2D eigenvalue weighted by Gasteiger charge is -2.09. The average Bonchev–Trinajstić information content (AvgIpc) is 2.94. The number of carbonyl (C=O) groups excluding carboxylic acids is 1. The molecular weight excluding hydrogens is 320 g/mol. The summed E-state index contributed by atoms with van der Waals surface area (Å²) in [6.07, 6.45) is 2.42. The number of carbonyl (C=O) groups is 1. The van der Waals surface area contributed by atoms with Crippen LogP contribution in [0.4, 0.5) is 11.4 Å². The predicted molar refractivity (Wildman–Crippen MR) is 95.1 cm³/mol. The van der Waals surface area contributed by atoms with Gasteiger partial charge in [0, 0.05) is 18.3 Å². The van der Waals surface area contributed by atoms with Crippen LogP contribution in [0.3, 0.4) is 0 Å². The van der Waals surface area contributed by atoms with Gasteiger partial charge in [0.2, 0.25) is 0 Å². The number of non-ortho nitro benzene ring substituents is 1. The summed E-state index contributed by atoms with van der Waals surface area (Å²) in [5.41, 5.74) is 4.00. The van der Waals surface area contributed by atoms with Crippen LogP contribution in [-0.2, 0) is 6.42 Å². The van der Waals surface area contributed by atoms with Gasteiger partial charge in [0.25, 0.3) is 11.6 Å². The summed E-state index contributed by atoms with van der Waals surface area (Å²) in [7, 11) is 0. The molecule has 1 N–H and O–H groups in total. The van der Waals surface area contributed by atoms with E-state index in [1.54, 1.807) is 17.4 Å². The highest BCUT2D eigenvalue weighted by molar-refractivity contribution is 6.05. The molecule has 2 heterocycles. The van der Waals surface area contributed by atoms with E-state index in [1.165, 1.54) is 12.1 Å². The minimum absolute atomic E-state index is 0.0645. The first-order chi connectivity index (χ1) is 11.9. The Bertz CT molecular complexity index is 991. The number of imidazole rings is 1. The minimum atomic E-state index is -0.483. The molecule has 1 aromatic carbocycles. The second kappa shape index (κ2) is 6.35. The predicted octanol–water partition coefficient (Wildman–Crippen LogP) is 3.67. The van der Waals surface area contributed by atoms with Gasteiger partial charge in [-0.3, -0.25) is 19.3 Å². The molecule has 0 atom stereocenters. The number of aryl methyl sites for hydroxylation is 3. The van der Waals surface area contributed by atoms with E-state index in [2.05, 4.69) is 10.3 Å². The molecule has 0 spiro atoms. The number of hydrogen-bond donors (Lipinski definition) is 1.